The van der Waals surface area contributed by atoms with Crippen molar-refractivity contribution in [2.75, 3.05) is 10.0 Å². The van der Waals surface area contributed by atoms with Gasteiger partial charge in [0.05, 0.1) is 11.4 Å². The molecule has 0 saturated heterocycles. The van der Waals surface area contributed by atoms with Crippen molar-refractivity contribution >= 4 is 27.3 Å². The van der Waals surface area contributed by atoms with E-state index in [1.54, 1.807) is 59.5 Å². The van der Waals surface area contributed by atoms with Crippen LogP contribution in [0.4, 0.5) is 11.4 Å². The van der Waals surface area contributed by atoms with Gasteiger partial charge in [-0.3, -0.25) is 9.52 Å². The highest BCUT2D eigenvalue weighted by Gasteiger charge is 2.15. The zero-order valence-electron chi connectivity index (χ0n) is 18.2. The Labute approximate surface area is 192 Å². The van der Waals surface area contributed by atoms with Crippen molar-refractivity contribution in [3.63, 3.8) is 0 Å². The largest absolute Gasteiger partial charge is 0.322 e. The monoisotopic (exact) mass is 461 g/mol. The van der Waals surface area contributed by atoms with Gasteiger partial charge in [-0.15, -0.1) is 0 Å². The van der Waals surface area contributed by atoms with E-state index in [1.807, 2.05) is 32.0 Å². The lowest BCUT2D eigenvalue weighted by Crippen LogP contribution is -2.14. The Morgan fingerprint density at radius 1 is 0.939 bits per heavy atom. The fourth-order valence-corrected chi connectivity index (χ4v) is 4.38. The highest BCUT2D eigenvalue weighted by molar-refractivity contribution is 7.92. The number of aromatic nitrogens is 3. The zero-order valence-corrected chi connectivity index (χ0v) is 19.0. The molecule has 0 aliphatic rings. The summed E-state index contributed by atoms with van der Waals surface area (Å²) in [5, 5.41) is 6.94. The van der Waals surface area contributed by atoms with Gasteiger partial charge in [0.1, 0.15) is 12.7 Å². The van der Waals surface area contributed by atoms with Crippen molar-refractivity contribution in [2.45, 2.75) is 25.3 Å². The number of amides is 1. The minimum Gasteiger partial charge on any atom is -0.322 e. The molecule has 0 radical (unpaired) electrons. The number of aryl methyl sites for hydroxylation is 2. The van der Waals surface area contributed by atoms with Gasteiger partial charge >= 0.3 is 0 Å². The number of nitrogens with one attached hydrogen (secondary N) is 2. The maximum absolute atomic E-state index is 12.7. The molecule has 4 rings (SSSR count). The smallest absolute Gasteiger partial charge is 0.261 e. The Hall–Kier alpha value is -3.98. The standard InChI is InChI=1S/C24H23N5O3S/c1-17-6-11-23(12-18(17)2)33(31,32)28-21-9-7-20(8-10-21)24(30)27-22-5-3-4-19(13-22)14-29-16-25-15-26-29/h3-13,15-16,28H,14H2,1-2H3,(H,27,30). The third-order valence-corrected chi connectivity index (χ3v) is 6.56. The number of carbonyl (C=O) groups is 1. The molecule has 3 aromatic carbocycles. The molecule has 0 saturated carbocycles. The molecular weight excluding hydrogens is 438 g/mol. The minimum absolute atomic E-state index is 0.193. The van der Waals surface area contributed by atoms with Gasteiger partial charge in [-0.1, -0.05) is 18.2 Å². The van der Waals surface area contributed by atoms with Crippen LogP contribution in [0.1, 0.15) is 27.0 Å². The van der Waals surface area contributed by atoms with Crippen molar-refractivity contribution in [1.82, 2.24) is 14.8 Å². The molecule has 4 aromatic rings. The second-order valence-corrected chi connectivity index (χ2v) is 9.36. The molecule has 1 amide bonds. The zero-order chi connectivity index (χ0) is 23.4. The molecule has 0 aliphatic heterocycles. The second kappa shape index (κ2) is 9.25. The van der Waals surface area contributed by atoms with Crippen LogP contribution in [0.2, 0.25) is 0 Å². The topological polar surface area (TPSA) is 106 Å². The third kappa shape index (κ3) is 5.45. The van der Waals surface area contributed by atoms with Crippen molar-refractivity contribution < 1.29 is 13.2 Å². The summed E-state index contributed by atoms with van der Waals surface area (Å²) in [5.41, 5.74) is 4.32. The molecule has 168 valence electrons. The molecule has 0 atom stereocenters. The predicted molar refractivity (Wildman–Crippen MR) is 127 cm³/mol. The Bertz CT molecular complexity index is 1380. The van der Waals surface area contributed by atoms with Gasteiger partial charge in [-0.25, -0.2) is 18.1 Å². The summed E-state index contributed by atoms with van der Waals surface area (Å²) in [7, 11) is -3.72. The maximum atomic E-state index is 12.7. The molecule has 1 heterocycles. The summed E-state index contributed by atoms with van der Waals surface area (Å²) in [6.45, 7) is 4.33. The van der Waals surface area contributed by atoms with Crippen molar-refractivity contribution in [3.05, 3.63) is 102 Å². The van der Waals surface area contributed by atoms with Crippen LogP contribution in [0.5, 0.6) is 0 Å². The van der Waals surface area contributed by atoms with Gasteiger partial charge in [-0.05, 0) is 79.1 Å². The Morgan fingerprint density at radius 3 is 2.42 bits per heavy atom. The van der Waals surface area contributed by atoms with E-state index >= 15 is 0 Å². The summed E-state index contributed by atoms with van der Waals surface area (Å²) >= 11 is 0. The Balaban J connectivity index is 1.42. The molecule has 0 aliphatic carbocycles. The van der Waals surface area contributed by atoms with Crippen LogP contribution in [-0.4, -0.2) is 29.1 Å². The summed E-state index contributed by atoms with van der Waals surface area (Å²) < 4.78 is 29.6. The van der Waals surface area contributed by atoms with E-state index in [0.717, 1.165) is 16.7 Å². The first-order valence-electron chi connectivity index (χ1n) is 10.2. The van der Waals surface area contributed by atoms with Crippen molar-refractivity contribution in [3.8, 4) is 0 Å². The number of rotatable bonds is 7. The number of nitrogens with zero attached hydrogens (tertiary/aromatic N) is 3. The molecule has 33 heavy (non-hydrogen) atoms. The average molecular weight is 462 g/mol. The lowest BCUT2D eigenvalue weighted by Gasteiger charge is -2.11. The van der Waals surface area contributed by atoms with Crippen LogP contribution < -0.4 is 10.0 Å². The first-order chi connectivity index (χ1) is 15.8. The summed E-state index contributed by atoms with van der Waals surface area (Å²) in [5.74, 6) is -0.295. The van der Waals surface area contributed by atoms with E-state index in [1.165, 1.54) is 6.33 Å². The van der Waals surface area contributed by atoms with Gasteiger partial charge in [0.15, 0.2) is 0 Å². The lowest BCUT2D eigenvalue weighted by molar-refractivity contribution is 0.102. The van der Waals surface area contributed by atoms with Gasteiger partial charge in [-0.2, -0.15) is 5.10 Å². The van der Waals surface area contributed by atoms with E-state index in [9.17, 15) is 13.2 Å². The fraction of sp³-hybridized carbons (Fsp3) is 0.125. The first-order valence-corrected chi connectivity index (χ1v) is 11.7. The van der Waals surface area contributed by atoms with Crippen LogP contribution in [-0.2, 0) is 16.6 Å². The third-order valence-electron chi connectivity index (χ3n) is 5.18. The number of anilines is 2. The highest BCUT2D eigenvalue weighted by atomic mass is 32.2. The molecule has 1 aromatic heterocycles. The number of carbonyl (C=O) groups excluding carboxylic acids is 1. The molecule has 0 spiro atoms. The lowest BCUT2D eigenvalue weighted by atomic mass is 10.1. The number of sulfonamides is 1. The van der Waals surface area contributed by atoms with E-state index in [4.69, 9.17) is 0 Å². The molecule has 9 heteroatoms. The van der Waals surface area contributed by atoms with Crippen LogP contribution in [0.25, 0.3) is 0 Å². The minimum atomic E-state index is -3.72. The quantitative estimate of drug-likeness (QED) is 0.433. The molecule has 0 bridgehead atoms. The molecule has 8 nitrogen and oxygen atoms in total. The van der Waals surface area contributed by atoms with Crippen LogP contribution in [0.15, 0.2) is 84.3 Å². The SMILES string of the molecule is Cc1ccc(S(=O)(=O)Nc2ccc(C(=O)Nc3cccc(Cn4cncn4)c3)cc2)cc1C. The highest BCUT2D eigenvalue weighted by Crippen LogP contribution is 2.20. The van der Waals surface area contributed by atoms with Gasteiger partial charge in [0, 0.05) is 16.9 Å². The molecule has 2 N–H and O–H groups in total. The Morgan fingerprint density at radius 2 is 1.73 bits per heavy atom. The number of benzene rings is 3. The van der Waals surface area contributed by atoms with Crippen LogP contribution >= 0.6 is 0 Å². The van der Waals surface area contributed by atoms with Gasteiger partial charge < -0.3 is 5.32 Å². The van der Waals surface area contributed by atoms with Gasteiger partial charge in [0.2, 0.25) is 0 Å². The molecule has 0 unspecified atom stereocenters. The van der Waals surface area contributed by atoms with E-state index in [0.29, 0.717) is 23.5 Å². The molecular formula is C24H23N5O3S. The van der Waals surface area contributed by atoms with Gasteiger partial charge in [0.25, 0.3) is 15.9 Å². The normalized spacial score (nSPS) is 11.2. The average Bonchev–Trinajstić information content (AvgIpc) is 3.29. The number of hydrogen-bond acceptors (Lipinski definition) is 5. The van der Waals surface area contributed by atoms with E-state index in [-0.39, 0.29) is 10.8 Å². The maximum Gasteiger partial charge on any atom is 0.261 e. The molecule has 0 fully saturated rings. The summed E-state index contributed by atoms with van der Waals surface area (Å²) in [4.78, 5) is 16.8. The predicted octanol–water partition coefficient (Wildman–Crippen LogP) is 4.00. The van der Waals surface area contributed by atoms with Crippen LogP contribution in [0.3, 0.4) is 0 Å². The van der Waals surface area contributed by atoms with E-state index < -0.39 is 10.0 Å². The second-order valence-electron chi connectivity index (χ2n) is 7.68. The van der Waals surface area contributed by atoms with Crippen molar-refractivity contribution in [2.24, 2.45) is 0 Å². The fourth-order valence-electron chi connectivity index (χ4n) is 3.24. The van der Waals surface area contributed by atoms with Crippen molar-refractivity contribution in [1.29, 1.82) is 0 Å². The Kier molecular flexibility index (Phi) is 6.23. The first kappa shape index (κ1) is 22.2. The van der Waals surface area contributed by atoms with E-state index in [2.05, 4.69) is 20.1 Å². The summed E-state index contributed by atoms with van der Waals surface area (Å²) in [6, 6.07) is 18.7. The summed E-state index contributed by atoms with van der Waals surface area (Å²) in [6.07, 6.45) is 3.10. The number of hydrogen-bond donors (Lipinski definition) is 2. The van der Waals surface area contributed by atoms with Crippen LogP contribution in [0, 0.1) is 13.8 Å².